The van der Waals surface area contributed by atoms with Crippen LogP contribution in [0.4, 0.5) is 5.69 Å². The number of carbonyl (C=O) groups excluding carboxylic acids is 1. The van der Waals surface area contributed by atoms with Crippen LogP contribution in [0.5, 0.6) is 0 Å². The van der Waals surface area contributed by atoms with Crippen molar-refractivity contribution < 1.29 is 9.90 Å². The van der Waals surface area contributed by atoms with Crippen molar-refractivity contribution in [1.29, 1.82) is 0 Å². The van der Waals surface area contributed by atoms with Crippen LogP contribution in [0.25, 0.3) is 0 Å². The molecule has 3 saturated carbocycles. The van der Waals surface area contributed by atoms with Crippen molar-refractivity contribution >= 4 is 11.5 Å². The Kier molecular flexibility index (Phi) is 7.03. The van der Waals surface area contributed by atoms with Crippen LogP contribution in [-0.4, -0.2) is 31.1 Å². The van der Waals surface area contributed by atoms with Gasteiger partial charge in [0.25, 0.3) is 0 Å². The fourth-order valence-corrected chi connectivity index (χ4v) is 8.06. The predicted molar refractivity (Wildman–Crippen MR) is 141 cm³/mol. The zero-order valence-electron chi connectivity index (χ0n) is 21.8. The van der Waals surface area contributed by atoms with Gasteiger partial charge in [0.15, 0.2) is 5.78 Å². The predicted octanol–water partition coefficient (Wildman–Crippen LogP) is 6.37. The van der Waals surface area contributed by atoms with Crippen LogP contribution in [0.15, 0.2) is 35.9 Å². The first-order chi connectivity index (χ1) is 16.2. The van der Waals surface area contributed by atoms with Gasteiger partial charge in [0.2, 0.25) is 0 Å². The molecule has 0 amide bonds. The summed E-state index contributed by atoms with van der Waals surface area (Å²) in [5, 5.41) is 11.0. The Bertz CT molecular complexity index is 970. The summed E-state index contributed by atoms with van der Waals surface area (Å²) in [5.74, 6) is 5.03. The SMILES string of the molecule is C#CCC.CN(C)c1ccc(C2CC3(C)C(O)CCC3C3CCC4=CC(=O)CCC4(C)C23)cc1. The van der Waals surface area contributed by atoms with Crippen LogP contribution in [-0.2, 0) is 4.79 Å². The summed E-state index contributed by atoms with van der Waals surface area (Å²) in [6.45, 7) is 6.77. The van der Waals surface area contributed by atoms with Crippen molar-refractivity contribution in [2.45, 2.75) is 84.2 Å². The van der Waals surface area contributed by atoms with Crippen LogP contribution >= 0.6 is 0 Å². The van der Waals surface area contributed by atoms with Gasteiger partial charge in [-0.05, 0) is 96.8 Å². The number of hydrogen-bond donors (Lipinski definition) is 1. The Hall–Kier alpha value is -2.05. The van der Waals surface area contributed by atoms with Crippen LogP contribution in [0, 0.1) is 40.9 Å². The van der Waals surface area contributed by atoms with Gasteiger partial charge in [-0.2, -0.15) is 0 Å². The van der Waals surface area contributed by atoms with Crippen LogP contribution < -0.4 is 4.90 Å². The van der Waals surface area contributed by atoms with E-state index in [0.29, 0.717) is 35.9 Å². The average Bonchev–Trinajstić information content (AvgIpc) is 3.13. The molecule has 0 radical (unpaired) electrons. The first-order valence-electron chi connectivity index (χ1n) is 13.3. The molecule has 184 valence electrons. The Balaban J connectivity index is 0.000000636. The summed E-state index contributed by atoms with van der Waals surface area (Å²) in [7, 11) is 4.18. The highest BCUT2D eigenvalue weighted by molar-refractivity contribution is 5.91. The monoisotopic (exact) mass is 461 g/mol. The second-order valence-electron chi connectivity index (χ2n) is 11.8. The molecule has 7 atom stereocenters. The molecule has 3 fully saturated rings. The van der Waals surface area contributed by atoms with Gasteiger partial charge >= 0.3 is 0 Å². The van der Waals surface area contributed by atoms with Crippen LogP contribution in [0.3, 0.4) is 0 Å². The molecule has 1 aromatic rings. The molecule has 0 spiro atoms. The van der Waals surface area contributed by atoms with Crippen molar-refractivity contribution in [2.24, 2.45) is 28.6 Å². The van der Waals surface area contributed by atoms with Gasteiger partial charge in [0, 0.05) is 32.6 Å². The molecule has 0 aromatic heterocycles. The molecule has 0 bridgehead atoms. The molecule has 7 unspecified atom stereocenters. The fourth-order valence-electron chi connectivity index (χ4n) is 8.06. The maximum Gasteiger partial charge on any atom is 0.155 e. The molecule has 0 heterocycles. The molecular weight excluding hydrogens is 418 g/mol. The van der Waals surface area contributed by atoms with E-state index in [-0.39, 0.29) is 16.9 Å². The summed E-state index contributed by atoms with van der Waals surface area (Å²) in [4.78, 5) is 14.4. The Morgan fingerprint density at radius 1 is 1.12 bits per heavy atom. The summed E-state index contributed by atoms with van der Waals surface area (Å²) >= 11 is 0. The van der Waals surface area contributed by atoms with Crippen LogP contribution in [0.1, 0.15) is 83.6 Å². The van der Waals surface area contributed by atoms with E-state index in [1.807, 2.05) is 13.0 Å². The van der Waals surface area contributed by atoms with E-state index in [4.69, 9.17) is 6.42 Å². The normalized spacial score (nSPS) is 38.3. The summed E-state index contributed by atoms with van der Waals surface area (Å²) in [6, 6.07) is 9.15. The number of terminal acetylenes is 1. The number of rotatable bonds is 2. The third-order valence-corrected chi connectivity index (χ3v) is 9.91. The number of carbonyl (C=O) groups is 1. The number of ketones is 1. The van der Waals surface area contributed by atoms with Crippen LogP contribution in [0.2, 0.25) is 0 Å². The lowest BCUT2D eigenvalue weighted by Crippen LogP contribution is -2.54. The highest BCUT2D eigenvalue weighted by Gasteiger charge is 2.62. The molecule has 4 aliphatic rings. The number of aliphatic hydroxyl groups excluding tert-OH is 1. The summed E-state index contributed by atoms with van der Waals surface area (Å²) in [5.41, 5.74) is 4.21. The van der Waals surface area contributed by atoms with Gasteiger partial charge in [-0.15, -0.1) is 12.3 Å². The second-order valence-corrected chi connectivity index (χ2v) is 11.8. The minimum Gasteiger partial charge on any atom is -0.393 e. The number of hydrogen-bond acceptors (Lipinski definition) is 3. The summed E-state index contributed by atoms with van der Waals surface area (Å²) in [6.07, 6.45) is 14.6. The molecule has 34 heavy (non-hydrogen) atoms. The van der Waals surface area contributed by atoms with E-state index in [2.05, 4.69) is 63.0 Å². The van der Waals surface area contributed by atoms with E-state index in [1.54, 1.807) is 0 Å². The largest absolute Gasteiger partial charge is 0.393 e. The minimum absolute atomic E-state index is 0.0219. The number of anilines is 1. The van der Waals surface area contributed by atoms with E-state index in [9.17, 15) is 9.90 Å². The summed E-state index contributed by atoms with van der Waals surface area (Å²) < 4.78 is 0. The number of fused-ring (bicyclic) bond motifs is 5. The quantitative estimate of drug-likeness (QED) is 0.520. The molecule has 0 aliphatic heterocycles. The van der Waals surface area contributed by atoms with Crippen molar-refractivity contribution in [1.82, 2.24) is 0 Å². The lowest BCUT2D eigenvalue weighted by atomic mass is 9.44. The molecule has 1 N–H and O–H groups in total. The smallest absolute Gasteiger partial charge is 0.155 e. The van der Waals surface area contributed by atoms with Crippen molar-refractivity contribution in [3.63, 3.8) is 0 Å². The van der Waals surface area contributed by atoms with Crippen molar-refractivity contribution in [2.75, 3.05) is 19.0 Å². The lowest BCUT2D eigenvalue weighted by Gasteiger charge is -2.61. The van der Waals surface area contributed by atoms with Gasteiger partial charge in [-0.1, -0.05) is 38.5 Å². The van der Waals surface area contributed by atoms with E-state index >= 15 is 0 Å². The van der Waals surface area contributed by atoms with Gasteiger partial charge in [0.1, 0.15) is 0 Å². The van der Waals surface area contributed by atoms with Gasteiger partial charge in [-0.25, -0.2) is 0 Å². The molecule has 5 rings (SSSR count). The average molecular weight is 462 g/mol. The van der Waals surface area contributed by atoms with Gasteiger partial charge in [-0.3, -0.25) is 4.79 Å². The lowest BCUT2D eigenvalue weighted by molar-refractivity contribution is -0.118. The second kappa shape index (κ2) is 9.54. The molecule has 3 nitrogen and oxygen atoms in total. The zero-order valence-corrected chi connectivity index (χ0v) is 21.8. The standard InChI is InChI=1S/C27H37NO2.C4H6/c1-26-14-13-20(29)15-18(26)7-10-21-23-11-12-24(30)27(23,2)16-22(25(21)26)17-5-8-19(9-6-17)28(3)4;1-3-4-2/h5-6,8-9,15,21-25,30H,7,10-14,16H2,1-4H3;1H,4H2,2H3. The molecule has 3 heteroatoms. The Labute approximate surface area is 207 Å². The third-order valence-electron chi connectivity index (χ3n) is 9.91. The first kappa shape index (κ1) is 25.1. The number of benzene rings is 1. The van der Waals surface area contributed by atoms with Gasteiger partial charge < -0.3 is 10.0 Å². The number of nitrogens with zero attached hydrogens (tertiary/aromatic N) is 1. The van der Waals surface area contributed by atoms with Crippen molar-refractivity contribution in [3.05, 3.63) is 41.5 Å². The number of allylic oxidation sites excluding steroid dienone is 1. The van der Waals surface area contributed by atoms with E-state index < -0.39 is 0 Å². The Morgan fingerprint density at radius 3 is 2.41 bits per heavy atom. The molecular formula is C31H43NO2. The minimum atomic E-state index is -0.176. The van der Waals surface area contributed by atoms with Crippen molar-refractivity contribution in [3.8, 4) is 12.3 Å². The maximum atomic E-state index is 12.2. The first-order valence-corrected chi connectivity index (χ1v) is 13.3. The highest BCUT2D eigenvalue weighted by Crippen LogP contribution is 2.68. The highest BCUT2D eigenvalue weighted by atomic mass is 16.3. The van der Waals surface area contributed by atoms with Gasteiger partial charge in [0.05, 0.1) is 6.10 Å². The number of aliphatic hydroxyl groups is 1. The fraction of sp³-hybridized carbons (Fsp3) is 0.645. The molecule has 0 saturated heterocycles. The zero-order chi connectivity index (χ0) is 24.7. The topological polar surface area (TPSA) is 40.5 Å². The molecule has 4 aliphatic carbocycles. The molecule has 1 aromatic carbocycles. The van der Waals surface area contributed by atoms with E-state index in [1.165, 1.54) is 29.7 Å². The Morgan fingerprint density at radius 2 is 1.79 bits per heavy atom. The van der Waals surface area contributed by atoms with E-state index in [0.717, 1.165) is 32.1 Å². The third kappa shape index (κ3) is 4.13. The maximum absolute atomic E-state index is 12.2.